The Labute approximate surface area is 118 Å². The molecule has 0 spiro atoms. The second-order valence-corrected chi connectivity index (χ2v) is 6.84. The molecule has 0 atom stereocenters. The van der Waals surface area contributed by atoms with Gasteiger partial charge in [-0.25, -0.2) is 0 Å². The molecule has 0 saturated heterocycles. The van der Waals surface area contributed by atoms with Crippen LogP contribution in [-0.4, -0.2) is 42.6 Å². The molecule has 0 heterocycles. The molecule has 11 heteroatoms. The van der Waals surface area contributed by atoms with Gasteiger partial charge in [0, 0.05) is 6.07 Å². The molecule has 1 aromatic rings. The minimum atomic E-state index is -5.01. The van der Waals surface area contributed by atoms with Gasteiger partial charge in [-0.05, 0) is 17.7 Å². The van der Waals surface area contributed by atoms with Crippen LogP contribution in [-0.2, 0) is 25.0 Å². The van der Waals surface area contributed by atoms with Crippen molar-refractivity contribution in [3.63, 3.8) is 0 Å². The topological polar surface area (TPSA) is 163 Å². The second kappa shape index (κ2) is 4.46. The van der Waals surface area contributed by atoms with E-state index in [4.69, 9.17) is 9.11 Å². The fourth-order valence-electron chi connectivity index (χ4n) is 1.76. The molecule has 112 valence electrons. The molecule has 2 rings (SSSR count). The van der Waals surface area contributed by atoms with Crippen molar-refractivity contribution in [2.45, 2.75) is 4.90 Å². The Morgan fingerprint density at radius 2 is 1.43 bits per heavy atom. The smallest absolute Gasteiger partial charge is 0.298 e. The summed E-state index contributed by atoms with van der Waals surface area (Å²) in [5.41, 5.74) is -1.07. The van der Waals surface area contributed by atoms with Crippen LogP contribution in [0.1, 0.15) is 15.9 Å². The number of benzene rings is 1. The fourth-order valence-corrected chi connectivity index (χ4v) is 2.90. The number of aromatic hydroxyl groups is 1. The molecule has 0 fully saturated rings. The summed E-state index contributed by atoms with van der Waals surface area (Å²) in [4.78, 5) is 21.2. The number of carbonyl (C=O) groups excluding carboxylic acids is 2. The molecule has 21 heavy (non-hydrogen) atoms. The maximum atomic E-state index is 11.7. The first-order valence-corrected chi connectivity index (χ1v) is 7.93. The van der Waals surface area contributed by atoms with E-state index in [9.17, 15) is 31.5 Å². The third kappa shape index (κ3) is 2.58. The summed E-state index contributed by atoms with van der Waals surface area (Å²) in [5, 5.41) is 9.59. The minimum Gasteiger partial charge on any atom is -0.507 e. The molecule has 1 aliphatic carbocycles. The molecule has 1 aromatic carbocycles. The SMILES string of the molecule is O=C1C(=O)c2c(O)cc(S(=O)(=O)O)cc2C=C1S(=O)(=O)O. The highest BCUT2D eigenvalue weighted by Crippen LogP contribution is 2.33. The van der Waals surface area contributed by atoms with Crippen LogP contribution >= 0.6 is 0 Å². The zero-order valence-corrected chi connectivity index (χ0v) is 11.5. The molecule has 1 aliphatic rings. The van der Waals surface area contributed by atoms with Gasteiger partial charge in [0.1, 0.15) is 10.7 Å². The van der Waals surface area contributed by atoms with Crippen LogP contribution in [0.5, 0.6) is 5.75 Å². The van der Waals surface area contributed by atoms with Gasteiger partial charge in [0.25, 0.3) is 20.2 Å². The lowest BCUT2D eigenvalue weighted by atomic mass is 9.94. The number of fused-ring (bicyclic) bond motifs is 1. The Balaban J connectivity index is 2.88. The summed E-state index contributed by atoms with van der Waals surface area (Å²) < 4.78 is 61.7. The monoisotopic (exact) mass is 334 g/mol. The first-order valence-electron chi connectivity index (χ1n) is 5.05. The van der Waals surface area contributed by atoms with Gasteiger partial charge in [-0.3, -0.25) is 18.7 Å². The van der Waals surface area contributed by atoms with E-state index in [-0.39, 0.29) is 0 Å². The zero-order valence-electron chi connectivity index (χ0n) is 9.84. The maximum absolute atomic E-state index is 11.7. The van der Waals surface area contributed by atoms with Crippen LogP contribution < -0.4 is 0 Å². The number of ketones is 2. The second-order valence-electron chi connectivity index (χ2n) is 4.02. The van der Waals surface area contributed by atoms with Gasteiger partial charge < -0.3 is 5.11 Å². The van der Waals surface area contributed by atoms with Crippen molar-refractivity contribution in [2.24, 2.45) is 0 Å². The Bertz CT molecular complexity index is 920. The van der Waals surface area contributed by atoms with Gasteiger partial charge in [-0.1, -0.05) is 0 Å². The standard InChI is InChI=1S/C10H6O9S2/c11-6-3-5(20(14,15)16)1-4-2-7(21(17,18)19)9(12)10(13)8(4)6/h1-3,11H,(H,14,15,16)(H,17,18,19). The van der Waals surface area contributed by atoms with E-state index < -0.39 is 58.5 Å². The van der Waals surface area contributed by atoms with Gasteiger partial charge in [0.2, 0.25) is 11.6 Å². The summed E-state index contributed by atoms with van der Waals surface area (Å²) in [6.07, 6.45) is 0.531. The number of carbonyl (C=O) groups is 2. The summed E-state index contributed by atoms with van der Waals surface area (Å²) >= 11 is 0. The summed E-state index contributed by atoms with van der Waals surface area (Å²) in [6, 6.07) is 1.21. The van der Waals surface area contributed by atoms with Crippen LogP contribution in [0.3, 0.4) is 0 Å². The van der Waals surface area contributed by atoms with Crippen molar-refractivity contribution < 1.29 is 40.6 Å². The highest BCUT2D eigenvalue weighted by Gasteiger charge is 2.36. The minimum absolute atomic E-state index is 0.445. The van der Waals surface area contributed by atoms with E-state index >= 15 is 0 Å². The van der Waals surface area contributed by atoms with Crippen LogP contribution in [0, 0.1) is 0 Å². The van der Waals surface area contributed by atoms with Crippen molar-refractivity contribution in [3.05, 3.63) is 28.2 Å². The van der Waals surface area contributed by atoms with Gasteiger partial charge in [0.15, 0.2) is 0 Å². The normalized spacial score (nSPS) is 15.6. The Kier molecular flexibility index (Phi) is 3.25. The molecule has 0 bridgehead atoms. The van der Waals surface area contributed by atoms with E-state index in [1.54, 1.807) is 0 Å². The summed E-state index contributed by atoms with van der Waals surface area (Å²) in [5.74, 6) is -3.93. The molecule has 0 radical (unpaired) electrons. The number of Topliss-reactive ketones (excluding diaryl/α,β-unsaturated/α-hetero) is 2. The Morgan fingerprint density at radius 1 is 0.857 bits per heavy atom. The van der Waals surface area contributed by atoms with Gasteiger partial charge in [0.05, 0.1) is 10.5 Å². The quantitative estimate of drug-likeness (QED) is 0.483. The van der Waals surface area contributed by atoms with Crippen molar-refractivity contribution in [1.29, 1.82) is 0 Å². The van der Waals surface area contributed by atoms with Gasteiger partial charge in [-0.2, -0.15) is 16.8 Å². The molecule has 0 saturated carbocycles. The van der Waals surface area contributed by atoms with Crippen LogP contribution in [0.15, 0.2) is 21.9 Å². The van der Waals surface area contributed by atoms with Crippen molar-refractivity contribution >= 4 is 37.9 Å². The van der Waals surface area contributed by atoms with E-state index in [0.717, 1.165) is 0 Å². The predicted molar refractivity (Wildman–Crippen MR) is 66.8 cm³/mol. The molecule has 9 nitrogen and oxygen atoms in total. The zero-order chi connectivity index (χ0) is 16.2. The molecular weight excluding hydrogens is 328 g/mol. The third-order valence-corrected chi connectivity index (χ3v) is 4.33. The number of allylic oxidation sites excluding steroid dienone is 1. The van der Waals surface area contributed by atoms with Crippen molar-refractivity contribution in [3.8, 4) is 5.75 Å². The molecule has 0 aromatic heterocycles. The first-order chi connectivity index (χ1) is 9.43. The molecule has 0 amide bonds. The average Bonchev–Trinajstić information content (AvgIpc) is 2.30. The van der Waals surface area contributed by atoms with Crippen molar-refractivity contribution in [2.75, 3.05) is 0 Å². The third-order valence-electron chi connectivity index (χ3n) is 2.64. The number of hydrogen-bond donors (Lipinski definition) is 3. The van der Waals surface area contributed by atoms with E-state index in [1.165, 1.54) is 0 Å². The highest BCUT2D eigenvalue weighted by molar-refractivity contribution is 7.91. The number of phenols is 1. The van der Waals surface area contributed by atoms with Crippen LogP contribution in [0.2, 0.25) is 0 Å². The van der Waals surface area contributed by atoms with E-state index in [0.29, 0.717) is 18.2 Å². The molecule has 3 N–H and O–H groups in total. The lowest BCUT2D eigenvalue weighted by Gasteiger charge is -2.14. The number of hydrogen-bond acceptors (Lipinski definition) is 7. The van der Waals surface area contributed by atoms with E-state index in [1.807, 2.05) is 0 Å². The van der Waals surface area contributed by atoms with Gasteiger partial charge in [-0.15, -0.1) is 0 Å². The largest absolute Gasteiger partial charge is 0.507 e. The van der Waals surface area contributed by atoms with Crippen LogP contribution in [0.4, 0.5) is 0 Å². The highest BCUT2D eigenvalue weighted by atomic mass is 32.2. The maximum Gasteiger partial charge on any atom is 0.298 e. The van der Waals surface area contributed by atoms with Crippen molar-refractivity contribution in [1.82, 2.24) is 0 Å². The fraction of sp³-hybridized carbons (Fsp3) is 0. The lowest BCUT2D eigenvalue weighted by molar-refractivity contribution is -0.111. The van der Waals surface area contributed by atoms with Gasteiger partial charge >= 0.3 is 0 Å². The summed E-state index contributed by atoms with van der Waals surface area (Å²) in [6.45, 7) is 0. The number of phenolic OH excluding ortho intramolecular Hbond substituents is 1. The van der Waals surface area contributed by atoms with E-state index in [2.05, 4.69) is 0 Å². The predicted octanol–water partition coefficient (Wildman–Crippen LogP) is -0.367. The molecule has 0 aliphatic heterocycles. The Morgan fingerprint density at radius 3 is 1.90 bits per heavy atom. The van der Waals surface area contributed by atoms with Crippen LogP contribution in [0.25, 0.3) is 6.08 Å². The Hall–Kier alpha value is -2.08. The first kappa shape index (κ1) is 15.3. The number of rotatable bonds is 2. The average molecular weight is 334 g/mol. The molecular formula is C10H6O9S2. The lowest BCUT2D eigenvalue weighted by Crippen LogP contribution is -2.26. The summed E-state index contributed by atoms with van der Waals surface area (Å²) in [7, 11) is -9.75. The molecule has 0 unspecified atom stereocenters.